The fourth-order valence-electron chi connectivity index (χ4n) is 2.12. The van der Waals surface area contributed by atoms with Crippen LogP contribution in [-0.4, -0.2) is 16.1 Å². The fraction of sp³-hybridized carbons (Fsp3) is 0.111. The summed E-state index contributed by atoms with van der Waals surface area (Å²) in [4.78, 5) is 15.2. The quantitative estimate of drug-likeness (QED) is 0.744. The van der Waals surface area contributed by atoms with E-state index in [4.69, 9.17) is 9.84 Å². The predicted octanol–water partition coefficient (Wildman–Crippen LogP) is 4.02. The van der Waals surface area contributed by atoms with E-state index >= 15 is 0 Å². The average Bonchev–Trinajstić information content (AvgIpc) is 3.04. The van der Waals surface area contributed by atoms with Crippen molar-refractivity contribution in [2.24, 2.45) is 0 Å². The van der Waals surface area contributed by atoms with Crippen LogP contribution in [-0.2, 0) is 17.8 Å². The number of hydrogen-bond donors (Lipinski definition) is 1. The molecule has 4 nitrogen and oxygen atoms in total. The summed E-state index contributed by atoms with van der Waals surface area (Å²) in [5.74, 6) is -0.136. The second-order valence-electron chi connectivity index (χ2n) is 5.01. The maximum absolute atomic E-state index is 10.6. The van der Waals surface area contributed by atoms with Gasteiger partial charge in [-0.15, -0.1) is 11.3 Å². The van der Waals surface area contributed by atoms with Crippen molar-refractivity contribution in [3.8, 4) is 16.3 Å². The monoisotopic (exact) mass is 325 g/mol. The highest BCUT2D eigenvalue weighted by Gasteiger charge is 2.05. The van der Waals surface area contributed by atoms with Gasteiger partial charge in [-0.05, 0) is 17.7 Å². The van der Waals surface area contributed by atoms with Crippen molar-refractivity contribution in [1.29, 1.82) is 0 Å². The molecule has 2 aromatic carbocycles. The van der Waals surface area contributed by atoms with Gasteiger partial charge in [0.05, 0.1) is 12.1 Å². The van der Waals surface area contributed by atoms with Gasteiger partial charge in [0.2, 0.25) is 0 Å². The van der Waals surface area contributed by atoms with Crippen LogP contribution in [0.5, 0.6) is 5.75 Å². The Morgan fingerprint density at radius 2 is 1.83 bits per heavy atom. The molecule has 3 aromatic rings. The van der Waals surface area contributed by atoms with Gasteiger partial charge in [0, 0.05) is 10.9 Å². The first-order valence-electron chi connectivity index (χ1n) is 7.14. The molecular formula is C18H15NO3S. The van der Waals surface area contributed by atoms with Gasteiger partial charge in [0.1, 0.15) is 17.4 Å². The van der Waals surface area contributed by atoms with Crippen LogP contribution < -0.4 is 4.74 Å². The Balaban J connectivity index is 1.60. The molecule has 0 unspecified atom stereocenters. The van der Waals surface area contributed by atoms with Crippen LogP contribution in [0, 0.1) is 0 Å². The first-order valence-corrected chi connectivity index (χ1v) is 8.02. The molecule has 1 N–H and O–H groups in total. The molecule has 0 amide bonds. The lowest BCUT2D eigenvalue weighted by molar-refractivity contribution is -0.136. The molecule has 0 spiro atoms. The van der Waals surface area contributed by atoms with Crippen LogP contribution in [0.3, 0.4) is 0 Å². The second kappa shape index (κ2) is 7.07. The zero-order valence-electron chi connectivity index (χ0n) is 12.3. The first kappa shape index (κ1) is 15.2. The Hall–Kier alpha value is -2.66. The lowest BCUT2D eigenvalue weighted by atomic mass is 10.1. The minimum absolute atomic E-state index is 0.0206. The van der Waals surface area contributed by atoms with E-state index < -0.39 is 5.97 Å². The highest BCUT2D eigenvalue weighted by atomic mass is 32.1. The molecule has 23 heavy (non-hydrogen) atoms. The van der Waals surface area contributed by atoms with Gasteiger partial charge in [0.15, 0.2) is 0 Å². The molecule has 0 saturated heterocycles. The zero-order valence-corrected chi connectivity index (χ0v) is 13.1. The molecule has 5 heteroatoms. The number of ether oxygens (including phenoxy) is 1. The van der Waals surface area contributed by atoms with E-state index in [0.717, 1.165) is 21.8 Å². The Morgan fingerprint density at radius 3 is 2.52 bits per heavy atom. The standard InChI is InChI=1S/C18H15NO3S/c20-17(21)10-13-6-8-16(9-7-13)22-11-15-12-23-18(19-15)14-4-2-1-3-5-14/h1-9,12H,10-11H2,(H,20,21). The molecule has 3 rings (SSSR count). The molecule has 1 heterocycles. The third-order valence-corrected chi connectivity index (χ3v) is 4.18. The maximum Gasteiger partial charge on any atom is 0.307 e. The highest BCUT2D eigenvalue weighted by Crippen LogP contribution is 2.24. The summed E-state index contributed by atoms with van der Waals surface area (Å²) in [7, 11) is 0. The van der Waals surface area contributed by atoms with Gasteiger partial charge >= 0.3 is 5.97 Å². The van der Waals surface area contributed by atoms with E-state index in [-0.39, 0.29) is 6.42 Å². The average molecular weight is 325 g/mol. The van der Waals surface area contributed by atoms with Crippen LogP contribution in [0.2, 0.25) is 0 Å². The van der Waals surface area contributed by atoms with Crippen molar-refractivity contribution >= 4 is 17.3 Å². The molecular weight excluding hydrogens is 310 g/mol. The minimum atomic E-state index is -0.838. The number of aliphatic carboxylic acids is 1. The fourth-order valence-corrected chi connectivity index (χ4v) is 2.93. The number of carboxylic acids is 1. The van der Waals surface area contributed by atoms with E-state index in [1.165, 1.54) is 0 Å². The number of aromatic nitrogens is 1. The Bertz CT molecular complexity index is 782. The number of carbonyl (C=O) groups is 1. The van der Waals surface area contributed by atoms with Crippen molar-refractivity contribution in [3.63, 3.8) is 0 Å². The van der Waals surface area contributed by atoms with Gasteiger partial charge < -0.3 is 9.84 Å². The van der Waals surface area contributed by atoms with Crippen LogP contribution in [0.25, 0.3) is 10.6 Å². The summed E-state index contributed by atoms with van der Waals surface area (Å²) in [5, 5.41) is 11.7. The third kappa shape index (κ3) is 4.17. The van der Waals surface area contributed by atoms with Crippen LogP contribution in [0.15, 0.2) is 60.0 Å². The summed E-state index contributed by atoms with van der Waals surface area (Å²) < 4.78 is 5.70. The lowest BCUT2D eigenvalue weighted by Crippen LogP contribution is -2.00. The first-order chi connectivity index (χ1) is 11.2. The number of hydrogen-bond acceptors (Lipinski definition) is 4. The molecule has 0 radical (unpaired) electrons. The Labute approximate surface area is 138 Å². The number of thiazole rings is 1. The largest absolute Gasteiger partial charge is 0.487 e. The van der Waals surface area contributed by atoms with E-state index in [9.17, 15) is 4.79 Å². The minimum Gasteiger partial charge on any atom is -0.487 e. The smallest absolute Gasteiger partial charge is 0.307 e. The molecule has 116 valence electrons. The van der Waals surface area contributed by atoms with Gasteiger partial charge in [-0.25, -0.2) is 4.98 Å². The summed E-state index contributed by atoms with van der Waals surface area (Å²) >= 11 is 1.59. The number of rotatable bonds is 6. The van der Waals surface area contributed by atoms with E-state index in [2.05, 4.69) is 4.98 Å². The molecule has 0 atom stereocenters. The van der Waals surface area contributed by atoms with Gasteiger partial charge in [-0.3, -0.25) is 4.79 Å². The van der Waals surface area contributed by atoms with Crippen LogP contribution in [0.1, 0.15) is 11.3 Å². The van der Waals surface area contributed by atoms with E-state index in [0.29, 0.717) is 12.4 Å². The van der Waals surface area contributed by atoms with Crippen molar-refractivity contribution in [1.82, 2.24) is 4.98 Å². The maximum atomic E-state index is 10.6. The van der Waals surface area contributed by atoms with Crippen molar-refractivity contribution < 1.29 is 14.6 Å². The summed E-state index contributed by atoms with van der Waals surface area (Å²) in [6.07, 6.45) is 0.0206. The van der Waals surface area contributed by atoms with E-state index in [1.807, 2.05) is 35.7 Å². The van der Waals surface area contributed by atoms with Gasteiger partial charge in [-0.1, -0.05) is 42.5 Å². The third-order valence-electron chi connectivity index (χ3n) is 3.24. The molecule has 0 fully saturated rings. The number of carboxylic acid groups (broad SMARTS) is 1. The molecule has 0 aliphatic carbocycles. The number of nitrogens with zero attached hydrogens (tertiary/aromatic N) is 1. The SMILES string of the molecule is O=C(O)Cc1ccc(OCc2csc(-c3ccccc3)n2)cc1. The predicted molar refractivity (Wildman–Crippen MR) is 89.7 cm³/mol. The van der Waals surface area contributed by atoms with Gasteiger partial charge in [-0.2, -0.15) is 0 Å². The highest BCUT2D eigenvalue weighted by molar-refractivity contribution is 7.13. The number of benzene rings is 2. The molecule has 0 saturated carbocycles. The summed E-state index contributed by atoms with van der Waals surface area (Å²) in [6, 6.07) is 17.1. The Morgan fingerprint density at radius 1 is 1.09 bits per heavy atom. The molecule has 0 bridgehead atoms. The summed E-state index contributed by atoms with van der Waals surface area (Å²) in [5.41, 5.74) is 2.73. The van der Waals surface area contributed by atoms with Crippen LogP contribution >= 0.6 is 11.3 Å². The summed E-state index contributed by atoms with van der Waals surface area (Å²) in [6.45, 7) is 0.390. The topological polar surface area (TPSA) is 59.4 Å². The van der Waals surface area contributed by atoms with E-state index in [1.54, 1.807) is 35.6 Å². The Kier molecular flexibility index (Phi) is 4.68. The molecule has 1 aromatic heterocycles. The normalized spacial score (nSPS) is 10.4. The van der Waals surface area contributed by atoms with Crippen molar-refractivity contribution in [3.05, 3.63) is 71.2 Å². The van der Waals surface area contributed by atoms with Crippen molar-refractivity contribution in [2.45, 2.75) is 13.0 Å². The molecule has 0 aliphatic heterocycles. The van der Waals surface area contributed by atoms with Gasteiger partial charge in [0.25, 0.3) is 0 Å². The van der Waals surface area contributed by atoms with Crippen LogP contribution in [0.4, 0.5) is 0 Å². The molecule has 0 aliphatic rings. The zero-order chi connectivity index (χ0) is 16.1. The second-order valence-corrected chi connectivity index (χ2v) is 5.87. The lowest BCUT2D eigenvalue weighted by Gasteiger charge is -2.05. The van der Waals surface area contributed by atoms with Crippen molar-refractivity contribution in [2.75, 3.05) is 0 Å².